The van der Waals surface area contributed by atoms with Gasteiger partial charge < -0.3 is 25.4 Å². The number of hydrogen-bond acceptors (Lipinski definition) is 8. The van der Waals surface area contributed by atoms with E-state index in [-0.39, 0.29) is 23.5 Å². The van der Waals surface area contributed by atoms with Gasteiger partial charge in [0.25, 0.3) is 0 Å². The van der Waals surface area contributed by atoms with Gasteiger partial charge in [0, 0.05) is 42.5 Å². The highest BCUT2D eigenvalue weighted by molar-refractivity contribution is 5.85. The minimum Gasteiger partial charge on any atom is -0.489 e. The topological polar surface area (TPSA) is 126 Å². The second-order valence-corrected chi connectivity index (χ2v) is 9.74. The van der Waals surface area contributed by atoms with Crippen molar-refractivity contribution < 1.29 is 14.3 Å². The molecule has 10 nitrogen and oxygen atoms in total. The van der Waals surface area contributed by atoms with Gasteiger partial charge in [0.05, 0.1) is 36.0 Å². The van der Waals surface area contributed by atoms with E-state index in [0.29, 0.717) is 55.5 Å². The second kappa shape index (κ2) is 11.4. The number of nitrogens with zero attached hydrogens (tertiary/aromatic N) is 4. The lowest BCUT2D eigenvalue weighted by Crippen LogP contribution is -2.54. The van der Waals surface area contributed by atoms with Crippen molar-refractivity contribution in [2.75, 3.05) is 38.2 Å². The molecular weight excluding hydrogens is 470 g/mol. The van der Waals surface area contributed by atoms with Crippen LogP contribution in [-0.2, 0) is 9.53 Å². The zero-order chi connectivity index (χ0) is 26.4. The number of hydrogen-bond donors (Lipinski definition) is 3. The number of rotatable bonds is 10. The van der Waals surface area contributed by atoms with Gasteiger partial charge >= 0.3 is 0 Å². The first-order chi connectivity index (χ1) is 17.8. The predicted molar refractivity (Wildman–Crippen MR) is 141 cm³/mol. The molecular formula is C27H33N7O3. The Morgan fingerprint density at radius 1 is 1.43 bits per heavy atom. The molecule has 0 aromatic carbocycles. The molecule has 37 heavy (non-hydrogen) atoms. The molecule has 1 aliphatic rings. The van der Waals surface area contributed by atoms with E-state index in [0.717, 1.165) is 11.1 Å². The SMILES string of the molecule is C=CC(C)C(=O)NCCNc1ccc(-c2cc(OC[C@@H]3CNC(C)(C)CO3)cn3ncc(C#N)c23)cn1. The maximum Gasteiger partial charge on any atom is 0.226 e. The summed E-state index contributed by atoms with van der Waals surface area (Å²) in [4.78, 5) is 16.3. The Kier molecular flexibility index (Phi) is 8.06. The van der Waals surface area contributed by atoms with Crippen molar-refractivity contribution in [1.82, 2.24) is 25.2 Å². The smallest absolute Gasteiger partial charge is 0.226 e. The number of amides is 1. The maximum atomic E-state index is 11.8. The number of morpholine rings is 1. The van der Waals surface area contributed by atoms with Crippen molar-refractivity contribution in [3.05, 3.63) is 55.0 Å². The monoisotopic (exact) mass is 503 g/mol. The number of carbonyl (C=O) groups excluding carboxylic acids is 1. The first-order valence-corrected chi connectivity index (χ1v) is 12.3. The Labute approximate surface area is 216 Å². The fourth-order valence-corrected chi connectivity index (χ4v) is 3.90. The molecule has 1 fully saturated rings. The van der Waals surface area contributed by atoms with Crippen LogP contribution in [0, 0.1) is 17.2 Å². The van der Waals surface area contributed by atoms with Crippen LogP contribution in [0.15, 0.2) is 49.4 Å². The second-order valence-electron chi connectivity index (χ2n) is 9.74. The zero-order valence-corrected chi connectivity index (χ0v) is 21.5. The van der Waals surface area contributed by atoms with Gasteiger partial charge in [0.15, 0.2) is 0 Å². The molecule has 1 amide bonds. The first-order valence-electron chi connectivity index (χ1n) is 12.3. The van der Waals surface area contributed by atoms with Crippen LogP contribution >= 0.6 is 0 Å². The molecule has 3 N–H and O–H groups in total. The van der Waals surface area contributed by atoms with Crippen LogP contribution in [0.4, 0.5) is 5.82 Å². The van der Waals surface area contributed by atoms with Crippen molar-refractivity contribution in [1.29, 1.82) is 5.26 Å². The van der Waals surface area contributed by atoms with Crippen LogP contribution < -0.4 is 20.7 Å². The number of anilines is 1. The molecule has 1 aliphatic heterocycles. The van der Waals surface area contributed by atoms with Gasteiger partial charge in [-0.05, 0) is 32.0 Å². The highest BCUT2D eigenvalue weighted by Gasteiger charge is 2.27. The molecule has 0 radical (unpaired) electrons. The van der Waals surface area contributed by atoms with Gasteiger partial charge in [-0.2, -0.15) is 10.4 Å². The Hall–Kier alpha value is -3.94. The third-order valence-electron chi connectivity index (χ3n) is 6.20. The summed E-state index contributed by atoms with van der Waals surface area (Å²) in [5, 5.41) is 23.5. The number of nitrogens with one attached hydrogen (secondary N) is 3. The van der Waals surface area contributed by atoms with E-state index in [1.54, 1.807) is 36.1 Å². The van der Waals surface area contributed by atoms with Crippen LogP contribution in [0.2, 0.25) is 0 Å². The molecule has 4 rings (SSSR count). The van der Waals surface area contributed by atoms with Crippen molar-refractivity contribution in [2.45, 2.75) is 32.4 Å². The van der Waals surface area contributed by atoms with Crippen LogP contribution in [0.25, 0.3) is 16.6 Å². The third-order valence-corrected chi connectivity index (χ3v) is 6.20. The molecule has 0 aliphatic carbocycles. The van der Waals surface area contributed by atoms with E-state index in [2.05, 4.69) is 52.5 Å². The molecule has 4 heterocycles. The van der Waals surface area contributed by atoms with Crippen molar-refractivity contribution in [2.24, 2.45) is 5.92 Å². The van der Waals surface area contributed by atoms with E-state index < -0.39 is 0 Å². The van der Waals surface area contributed by atoms with Gasteiger partial charge in [-0.15, -0.1) is 6.58 Å². The molecule has 0 bridgehead atoms. The van der Waals surface area contributed by atoms with E-state index in [9.17, 15) is 10.1 Å². The van der Waals surface area contributed by atoms with E-state index in [1.807, 2.05) is 18.2 Å². The fourth-order valence-electron chi connectivity index (χ4n) is 3.90. The molecule has 1 unspecified atom stereocenters. The maximum absolute atomic E-state index is 11.8. The van der Waals surface area contributed by atoms with Crippen molar-refractivity contribution in [3.63, 3.8) is 0 Å². The summed E-state index contributed by atoms with van der Waals surface area (Å²) in [5.74, 6) is 1.01. The summed E-state index contributed by atoms with van der Waals surface area (Å²) in [5.41, 5.74) is 2.73. The van der Waals surface area contributed by atoms with Crippen LogP contribution in [0.3, 0.4) is 0 Å². The summed E-state index contributed by atoms with van der Waals surface area (Å²) >= 11 is 0. The molecule has 0 spiro atoms. The largest absolute Gasteiger partial charge is 0.489 e. The molecule has 10 heteroatoms. The fraction of sp³-hybridized carbons (Fsp3) is 0.407. The summed E-state index contributed by atoms with van der Waals surface area (Å²) in [6.07, 6.45) is 6.61. The number of ether oxygens (including phenoxy) is 2. The Morgan fingerprint density at radius 2 is 2.27 bits per heavy atom. The molecule has 3 aromatic rings. The minimum absolute atomic E-state index is 0.0443. The molecule has 0 saturated carbocycles. The lowest BCUT2D eigenvalue weighted by Gasteiger charge is -2.35. The third kappa shape index (κ3) is 6.44. The number of nitriles is 1. The van der Waals surface area contributed by atoms with E-state index in [1.165, 1.54) is 0 Å². The number of carbonyl (C=O) groups is 1. The lowest BCUT2D eigenvalue weighted by atomic mass is 10.0. The van der Waals surface area contributed by atoms with E-state index in [4.69, 9.17) is 9.47 Å². The van der Waals surface area contributed by atoms with Gasteiger partial charge in [-0.3, -0.25) is 4.79 Å². The standard InChI is InChI=1S/C27H33N7O3/c1-5-18(2)26(35)30-9-8-29-24-7-6-19(12-31-24)23-10-21(15-34-25(23)20(11-28)13-33-34)36-16-22-14-32-27(3,4)17-37-22/h5-7,10,12-13,15,18,22,32H,1,8-9,14,16-17H2,2-4H3,(H,29,31)(H,30,35)/t18?,22-/m0/s1. The van der Waals surface area contributed by atoms with Crippen molar-refractivity contribution in [3.8, 4) is 22.9 Å². The van der Waals surface area contributed by atoms with Gasteiger partial charge in [0.2, 0.25) is 5.91 Å². The highest BCUT2D eigenvalue weighted by Crippen LogP contribution is 2.31. The molecule has 194 valence electrons. The van der Waals surface area contributed by atoms with Crippen LogP contribution in [0.5, 0.6) is 5.75 Å². The molecule has 3 aromatic heterocycles. The Bertz CT molecular complexity index is 1280. The number of fused-ring (bicyclic) bond motifs is 1. The first kappa shape index (κ1) is 26.1. The quantitative estimate of drug-likeness (QED) is 0.285. The van der Waals surface area contributed by atoms with Crippen LogP contribution in [-0.4, -0.2) is 65.0 Å². The van der Waals surface area contributed by atoms with Crippen LogP contribution in [0.1, 0.15) is 26.3 Å². The van der Waals surface area contributed by atoms with Gasteiger partial charge in [-0.25, -0.2) is 9.50 Å². The molecule has 1 saturated heterocycles. The number of aromatic nitrogens is 3. The summed E-state index contributed by atoms with van der Waals surface area (Å²) in [6, 6.07) is 7.90. The van der Waals surface area contributed by atoms with Gasteiger partial charge in [-0.1, -0.05) is 13.0 Å². The summed E-state index contributed by atoms with van der Waals surface area (Å²) in [7, 11) is 0. The Balaban J connectivity index is 1.46. The average Bonchev–Trinajstić information content (AvgIpc) is 3.33. The Morgan fingerprint density at radius 3 is 2.95 bits per heavy atom. The van der Waals surface area contributed by atoms with Gasteiger partial charge in [0.1, 0.15) is 30.3 Å². The normalized spacial score (nSPS) is 17.5. The summed E-state index contributed by atoms with van der Waals surface area (Å²) < 4.78 is 13.7. The minimum atomic E-state index is -0.227. The highest BCUT2D eigenvalue weighted by atomic mass is 16.5. The molecule has 2 atom stereocenters. The lowest BCUT2D eigenvalue weighted by molar-refractivity contribution is -0.123. The average molecular weight is 504 g/mol. The zero-order valence-electron chi connectivity index (χ0n) is 21.5. The summed E-state index contributed by atoms with van der Waals surface area (Å²) in [6.45, 7) is 12.4. The predicted octanol–water partition coefficient (Wildman–Crippen LogP) is 2.76. The van der Waals surface area contributed by atoms with E-state index >= 15 is 0 Å². The number of pyridine rings is 2. The van der Waals surface area contributed by atoms with Crippen molar-refractivity contribution >= 4 is 17.2 Å².